The van der Waals surface area contributed by atoms with E-state index in [0.717, 1.165) is 23.4 Å². The Kier molecular flexibility index (Phi) is 3.50. The van der Waals surface area contributed by atoms with Crippen molar-refractivity contribution in [2.45, 2.75) is 26.2 Å². The van der Waals surface area contributed by atoms with Gasteiger partial charge < -0.3 is 9.73 Å². The number of thiophene rings is 1. The van der Waals surface area contributed by atoms with E-state index in [-0.39, 0.29) is 5.91 Å². The standard InChI is InChI=1S/C18H16N2O2S/c1-11-16(20-18(22-11)15-6-3-9-23-15)17(21)19-14-8-7-12-4-2-5-13(12)10-14/h3,6-10H,2,4-5H2,1H3,(H,19,21). The minimum absolute atomic E-state index is 0.230. The predicted molar refractivity (Wildman–Crippen MR) is 91.0 cm³/mol. The average Bonchev–Trinajstić information content (AvgIpc) is 3.26. The van der Waals surface area contributed by atoms with E-state index in [2.05, 4.69) is 22.4 Å². The topological polar surface area (TPSA) is 55.1 Å². The fraction of sp³-hybridized carbons (Fsp3) is 0.222. The number of nitrogens with one attached hydrogen (secondary N) is 1. The molecular formula is C18H16N2O2S. The second kappa shape index (κ2) is 5.66. The van der Waals surface area contributed by atoms with Gasteiger partial charge in [0.2, 0.25) is 5.89 Å². The zero-order valence-corrected chi connectivity index (χ0v) is 13.6. The van der Waals surface area contributed by atoms with Crippen LogP contribution in [0.25, 0.3) is 10.8 Å². The third-order valence-corrected chi connectivity index (χ3v) is 4.96. The lowest BCUT2D eigenvalue weighted by molar-refractivity contribution is 0.102. The molecule has 0 radical (unpaired) electrons. The van der Waals surface area contributed by atoms with Gasteiger partial charge in [-0.3, -0.25) is 4.79 Å². The Hall–Kier alpha value is -2.40. The van der Waals surface area contributed by atoms with Gasteiger partial charge in [0.15, 0.2) is 5.69 Å². The molecule has 4 rings (SSSR count). The van der Waals surface area contributed by atoms with Crippen LogP contribution in [0, 0.1) is 6.92 Å². The fourth-order valence-electron chi connectivity index (χ4n) is 2.95. The highest BCUT2D eigenvalue weighted by molar-refractivity contribution is 7.13. The number of nitrogens with zero attached hydrogens (tertiary/aromatic N) is 1. The summed E-state index contributed by atoms with van der Waals surface area (Å²) in [6, 6.07) is 9.99. The summed E-state index contributed by atoms with van der Waals surface area (Å²) in [7, 11) is 0. The molecule has 0 unspecified atom stereocenters. The number of rotatable bonds is 3. The molecule has 1 aliphatic rings. The van der Waals surface area contributed by atoms with Gasteiger partial charge in [0.25, 0.3) is 5.91 Å². The van der Waals surface area contributed by atoms with Crippen molar-refractivity contribution in [3.05, 3.63) is 58.3 Å². The van der Waals surface area contributed by atoms with Crippen LogP contribution < -0.4 is 5.32 Å². The van der Waals surface area contributed by atoms with Gasteiger partial charge in [0, 0.05) is 5.69 Å². The number of hydrogen-bond acceptors (Lipinski definition) is 4. The van der Waals surface area contributed by atoms with E-state index in [4.69, 9.17) is 4.42 Å². The highest BCUT2D eigenvalue weighted by Gasteiger charge is 2.19. The van der Waals surface area contributed by atoms with Gasteiger partial charge >= 0.3 is 0 Å². The molecule has 0 bridgehead atoms. The van der Waals surface area contributed by atoms with Crippen molar-refractivity contribution >= 4 is 22.9 Å². The first-order valence-electron chi connectivity index (χ1n) is 7.65. The van der Waals surface area contributed by atoms with Crippen LogP contribution in [0.2, 0.25) is 0 Å². The molecule has 0 fully saturated rings. The normalized spacial score (nSPS) is 13.1. The van der Waals surface area contributed by atoms with Crippen LogP contribution in [-0.2, 0) is 12.8 Å². The van der Waals surface area contributed by atoms with Gasteiger partial charge in [-0.25, -0.2) is 4.98 Å². The van der Waals surface area contributed by atoms with Crippen LogP contribution in [0.15, 0.2) is 40.1 Å². The molecule has 1 amide bonds. The van der Waals surface area contributed by atoms with Crippen LogP contribution in [0.4, 0.5) is 5.69 Å². The molecule has 2 heterocycles. The van der Waals surface area contributed by atoms with Gasteiger partial charge in [0.1, 0.15) is 5.76 Å². The second-order valence-corrected chi connectivity index (χ2v) is 6.64. The van der Waals surface area contributed by atoms with E-state index in [1.165, 1.54) is 28.9 Å². The maximum atomic E-state index is 12.5. The number of amides is 1. The van der Waals surface area contributed by atoms with E-state index in [9.17, 15) is 4.79 Å². The number of anilines is 1. The van der Waals surface area contributed by atoms with Crippen molar-refractivity contribution in [1.82, 2.24) is 4.98 Å². The van der Waals surface area contributed by atoms with Crippen molar-refractivity contribution in [3.8, 4) is 10.8 Å². The number of aryl methyl sites for hydroxylation is 3. The minimum atomic E-state index is -0.230. The van der Waals surface area contributed by atoms with Crippen molar-refractivity contribution in [2.24, 2.45) is 0 Å². The van der Waals surface area contributed by atoms with Crippen molar-refractivity contribution in [3.63, 3.8) is 0 Å². The first-order chi connectivity index (χ1) is 11.2. The Morgan fingerprint density at radius 1 is 1.26 bits per heavy atom. The molecule has 0 spiro atoms. The van der Waals surface area contributed by atoms with Crippen LogP contribution >= 0.6 is 11.3 Å². The summed E-state index contributed by atoms with van der Waals surface area (Å²) in [6.45, 7) is 1.77. The molecule has 1 aromatic carbocycles. The molecular weight excluding hydrogens is 308 g/mol. The summed E-state index contributed by atoms with van der Waals surface area (Å²) in [5.41, 5.74) is 3.88. The van der Waals surface area contributed by atoms with Crippen molar-refractivity contribution in [1.29, 1.82) is 0 Å². The third-order valence-electron chi connectivity index (χ3n) is 4.10. The average molecular weight is 324 g/mol. The zero-order valence-electron chi connectivity index (χ0n) is 12.8. The first kappa shape index (κ1) is 14.2. The largest absolute Gasteiger partial charge is 0.440 e. The van der Waals surface area contributed by atoms with E-state index >= 15 is 0 Å². The first-order valence-corrected chi connectivity index (χ1v) is 8.53. The van der Waals surface area contributed by atoms with E-state index < -0.39 is 0 Å². The Bertz CT molecular complexity index is 865. The lowest BCUT2D eigenvalue weighted by Gasteiger charge is -2.06. The highest BCUT2D eigenvalue weighted by atomic mass is 32.1. The lowest BCUT2D eigenvalue weighted by Crippen LogP contribution is -2.13. The zero-order chi connectivity index (χ0) is 15.8. The van der Waals surface area contributed by atoms with E-state index in [1.807, 2.05) is 23.6 Å². The Labute approximate surface area is 138 Å². The molecule has 0 saturated heterocycles. The molecule has 2 aromatic heterocycles. The molecule has 116 valence electrons. The van der Waals surface area contributed by atoms with Crippen molar-refractivity contribution < 1.29 is 9.21 Å². The van der Waals surface area contributed by atoms with Gasteiger partial charge in [-0.05, 0) is 60.9 Å². The molecule has 0 saturated carbocycles. The number of hydrogen-bond donors (Lipinski definition) is 1. The Morgan fingerprint density at radius 2 is 2.13 bits per heavy atom. The third kappa shape index (κ3) is 2.68. The van der Waals surface area contributed by atoms with E-state index in [1.54, 1.807) is 6.92 Å². The van der Waals surface area contributed by atoms with Crippen molar-refractivity contribution in [2.75, 3.05) is 5.32 Å². The summed E-state index contributed by atoms with van der Waals surface area (Å²) in [4.78, 5) is 17.8. The summed E-state index contributed by atoms with van der Waals surface area (Å²) in [5.74, 6) is 0.802. The van der Waals surface area contributed by atoms with Gasteiger partial charge in [-0.2, -0.15) is 0 Å². The molecule has 0 aliphatic heterocycles. The number of oxazole rings is 1. The molecule has 4 nitrogen and oxygen atoms in total. The number of benzene rings is 1. The molecule has 3 aromatic rings. The SMILES string of the molecule is Cc1oc(-c2cccs2)nc1C(=O)Nc1ccc2c(c1)CCC2. The second-order valence-electron chi connectivity index (χ2n) is 5.69. The fourth-order valence-corrected chi connectivity index (χ4v) is 3.60. The predicted octanol–water partition coefficient (Wildman–Crippen LogP) is 4.45. The van der Waals surface area contributed by atoms with Gasteiger partial charge in [-0.15, -0.1) is 11.3 Å². The molecule has 5 heteroatoms. The summed E-state index contributed by atoms with van der Waals surface area (Å²) in [5, 5.41) is 4.89. The summed E-state index contributed by atoms with van der Waals surface area (Å²) in [6.07, 6.45) is 3.42. The quantitative estimate of drug-likeness (QED) is 0.774. The number of carbonyl (C=O) groups is 1. The molecule has 0 atom stereocenters. The molecule has 1 N–H and O–H groups in total. The van der Waals surface area contributed by atoms with Gasteiger partial charge in [0.05, 0.1) is 4.88 Å². The highest BCUT2D eigenvalue weighted by Crippen LogP contribution is 2.27. The number of carbonyl (C=O) groups excluding carboxylic acids is 1. The molecule has 23 heavy (non-hydrogen) atoms. The minimum Gasteiger partial charge on any atom is -0.440 e. The Balaban J connectivity index is 1.57. The monoisotopic (exact) mass is 324 g/mol. The molecule has 1 aliphatic carbocycles. The summed E-state index contributed by atoms with van der Waals surface area (Å²) >= 11 is 1.54. The van der Waals surface area contributed by atoms with Crippen LogP contribution in [0.3, 0.4) is 0 Å². The maximum Gasteiger partial charge on any atom is 0.277 e. The van der Waals surface area contributed by atoms with Crippen LogP contribution in [-0.4, -0.2) is 10.9 Å². The smallest absolute Gasteiger partial charge is 0.277 e. The maximum absolute atomic E-state index is 12.5. The lowest BCUT2D eigenvalue weighted by atomic mass is 10.1. The number of fused-ring (bicyclic) bond motifs is 1. The number of aromatic nitrogens is 1. The van der Waals surface area contributed by atoms with Gasteiger partial charge in [-0.1, -0.05) is 12.1 Å². The Morgan fingerprint density at radius 3 is 2.96 bits per heavy atom. The van der Waals surface area contributed by atoms with E-state index in [0.29, 0.717) is 17.3 Å². The van der Waals surface area contributed by atoms with Crippen LogP contribution in [0.5, 0.6) is 0 Å². The van der Waals surface area contributed by atoms with Crippen LogP contribution in [0.1, 0.15) is 33.8 Å². The summed E-state index contributed by atoms with van der Waals surface area (Å²) < 4.78 is 5.63.